The summed E-state index contributed by atoms with van der Waals surface area (Å²) in [4.78, 5) is 4.08. The molecule has 0 aliphatic rings. The molecule has 0 bridgehead atoms. The molecule has 1 rings (SSSR count). The highest BCUT2D eigenvalue weighted by molar-refractivity contribution is 5.24. The lowest BCUT2D eigenvalue weighted by Crippen LogP contribution is -1.94. The van der Waals surface area contributed by atoms with Crippen LogP contribution < -0.4 is 0 Å². The molecule has 0 unspecified atom stereocenters. The standard InChI is InChI=1S/C9H13NO/c1-3-8-5-10-9(6-11)4-7(8)2/h4-5,11H,3,6H2,1-2H3. The van der Waals surface area contributed by atoms with E-state index in [1.807, 2.05) is 19.2 Å². The van der Waals surface area contributed by atoms with Crippen LogP contribution in [0.25, 0.3) is 0 Å². The van der Waals surface area contributed by atoms with Gasteiger partial charge in [-0.2, -0.15) is 0 Å². The van der Waals surface area contributed by atoms with Crippen LogP contribution in [0.15, 0.2) is 12.3 Å². The third-order valence-corrected chi connectivity index (χ3v) is 1.82. The summed E-state index contributed by atoms with van der Waals surface area (Å²) in [5, 5.41) is 8.76. The first-order chi connectivity index (χ1) is 5.27. The topological polar surface area (TPSA) is 33.1 Å². The maximum absolute atomic E-state index is 8.76. The van der Waals surface area contributed by atoms with E-state index in [1.165, 1.54) is 11.1 Å². The van der Waals surface area contributed by atoms with Crippen molar-refractivity contribution in [2.75, 3.05) is 0 Å². The zero-order chi connectivity index (χ0) is 8.27. The van der Waals surface area contributed by atoms with Crippen molar-refractivity contribution in [3.8, 4) is 0 Å². The molecule has 0 aromatic carbocycles. The Kier molecular flexibility index (Phi) is 2.60. The molecule has 2 heteroatoms. The highest BCUT2D eigenvalue weighted by Crippen LogP contribution is 2.08. The zero-order valence-corrected chi connectivity index (χ0v) is 6.96. The Balaban J connectivity index is 2.99. The molecule has 0 radical (unpaired) electrons. The van der Waals surface area contributed by atoms with Crippen molar-refractivity contribution in [1.29, 1.82) is 0 Å². The van der Waals surface area contributed by atoms with Crippen molar-refractivity contribution in [3.05, 3.63) is 29.1 Å². The molecule has 0 amide bonds. The van der Waals surface area contributed by atoms with E-state index in [9.17, 15) is 0 Å². The molecule has 0 saturated heterocycles. The molecule has 0 aliphatic heterocycles. The van der Waals surface area contributed by atoms with Crippen LogP contribution in [-0.4, -0.2) is 10.1 Å². The summed E-state index contributed by atoms with van der Waals surface area (Å²) in [6, 6.07) is 1.93. The smallest absolute Gasteiger partial charge is 0.0853 e. The van der Waals surface area contributed by atoms with Crippen LogP contribution in [0.5, 0.6) is 0 Å². The third kappa shape index (κ3) is 1.77. The van der Waals surface area contributed by atoms with Crippen molar-refractivity contribution < 1.29 is 5.11 Å². The first kappa shape index (κ1) is 8.21. The van der Waals surface area contributed by atoms with Gasteiger partial charge in [0, 0.05) is 6.20 Å². The lowest BCUT2D eigenvalue weighted by molar-refractivity contribution is 0.276. The van der Waals surface area contributed by atoms with E-state index < -0.39 is 0 Å². The van der Waals surface area contributed by atoms with Gasteiger partial charge in [0.2, 0.25) is 0 Å². The van der Waals surface area contributed by atoms with Crippen LogP contribution in [0.4, 0.5) is 0 Å². The van der Waals surface area contributed by atoms with Crippen LogP contribution in [-0.2, 0) is 13.0 Å². The van der Waals surface area contributed by atoms with E-state index >= 15 is 0 Å². The van der Waals surface area contributed by atoms with Gasteiger partial charge in [-0.25, -0.2) is 0 Å². The lowest BCUT2D eigenvalue weighted by atomic mass is 10.1. The van der Waals surface area contributed by atoms with Gasteiger partial charge in [0.05, 0.1) is 12.3 Å². The molecule has 0 atom stereocenters. The van der Waals surface area contributed by atoms with Crippen molar-refractivity contribution >= 4 is 0 Å². The Morgan fingerprint density at radius 3 is 2.73 bits per heavy atom. The van der Waals surface area contributed by atoms with E-state index in [4.69, 9.17) is 5.11 Å². The van der Waals surface area contributed by atoms with Crippen LogP contribution in [0, 0.1) is 6.92 Å². The number of hydrogen-bond donors (Lipinski definition) is 1. The summed E-state index contributed by atoms with van der Waals surface area (Å²) in [6.07, 6.45) is 2.84. The fraction of sp³-hybridized carbons (Fsp3) is 0.444. The first-order valence-corrected chi connectivity index (χ1v) is 3.83. The quantitative estimate of drug-likeness (QED) is 0.693. The summed E-state index contributed by atoms with van der Waals surface area (Å²) in [6.45, 7) is 4.17. The molecule has 0 saturated carbocycles. The summed E-state index contributed by atoms with van der Waals surface area (Å²) in [5.41, 5.74) is 3.22. The van der Waals surface area contributed by atoms with Gasteiger partial charge in [-0.1, -0.05) is 6.92 Å². The van der Waals surface area contributed by atoms with Gasteiger partial charge >= 0.3 is 0 Å². The maximum Gasteiger partial charge on any atom is 0.0853 e. The van der Waals surface area contributed by atoms with Gasteiger partial charge in [0.1, 0.15) is 0 Å². The van der Waals surface area contributed by atoms with Crippen molar-refractivity contribution in [2.24, 2.45) is 0 Å². The van der Waals surface area contributed by atoms with Gasteiger partial charge in [-0.3, -0.25) is 4.98 Å². The molecule has 11 heavy (non-hydrogen) atoms. The normalized spacial score (nSPS) is 10.1. The van der Waals surface area contributed by atoms with Crippen molar-refractivity contribution in [1.82, 2.24) is 4.98 Å². The number of aliphatic hydroxyl groups excluding tert-OH is 1. The Morgan fingerprint density at radius 2 is 2.27 bits per heavy atom. The monoisotopic (exact) mass is 151 g/mol. The minimum absolute atomic E-state index is 0.0326. The van der Waals surface area contributed by atoms with Crippen LogP contribution >= 0.6 is 0 Å². The summed E-state index contributed by atoms with van der Waals surface area (Å²) in [5.74, 6) is 0. The third-order valence-electron chi connectivity index (χ3n) is 1.82. The van der Waals surface area contributed by atoms with Crippen LogP contribution in [0.1, 0.15) is 23.7 Å². The number of aromatic nitrogens is 1. The molecule has 0 fully saturated rings. The van der Waals surface area contributed by atoms with Gasteiger partial charge in [0.15, 0.2) is 0 Å². The van der Waals surface area contributed by atoms with Crippen molar-refractivity contribution in [3.63, 3.8) is 0 Å². The fourth-order valence-electron chi connectivity index (χ4n) is 1.10. The highest BCUT2D eigenvalue weighted by Gasteiger charge is 1.97. The average molecular weight is 151 g/mol. The molecule has 2 nitrogen and oxygen atoms in total. The summed E-state index contributed by atoms with van der Waals surface area (Å²) in [7, 11) is 0. The summed E-state index contributed by atoms with van der Waals surface area (Å²) >= 11 is 0. The van der Waals surface area contributed by atoms with E-state index in [0.29, 0.717) is 0 Å². The van der Waals surface area contributed by atoms with Crippen molar-refractivity contribution in [2.45, 2.75) is 26.9 Å². The number of pyridine rings is 1. The second kappa shape index (κ2) is 3.49. The molecule has 1 N–H and O–H groups in total. The van der Waals surface area contributed by atoms with Gasteiger partial charge in [-0.05, 0) is 30.5 Å². The Bertz CT molecular complexity index is 245. The number of aliphatic hydroxyl groups is 1. The van der Waals surface area contributed by atoms with Crippen LogP contribution in [0.2, 0.25) is 0 Å². The minimum atomic E-state index is 0.0326. The Morgan fingerprint density at radius 1 is 1.55 bits per heavy atom. The molecule has 0 aliphatic carbocycles. The Hall–Kier alpha value is -0.890. The Labute approximate surface area is 66.9 Å². The summed E-state index contributed by atoms with van der Waals surface area (Å²) < 4.78 is 0. The molecule has 1 aromatic rings. The van der Waals surface area contributed by atoms with E-state index in [1.54, 1.807) is 0 Å². The number of rotatable bonds is 2. The fourth-order valence-corrected chi connectivity index (χ4v) is 1.10. The number of aryl methyl sites for hydroxylation is 2. The highest BCUT2D eigenvalue weighted by atomic mass is 16.3. The van der Waals surface area contributed by atoms with Crippen LogP contribution in [0.3, 0.4) is 0 Å². The second-order valence-corrected chi connectivity index (χ2v) is 2.61. The molecule has 0 spiro atoms. The number of nitrogens with zero attached hydrogens (tertiary/aromatic N) is 1. The van der Waals surface area contributed by atoms with Gasteiger partial charge in [0.25, 0.3) is 0 Å². The van der Waals surface area contributed by atoms with Gasteiger partial charge in [-0.15, -0.1) is 0 Å². The maximum atomic E-state index is 8.76. The van der Waals surface area contributed by atoms with E-state index in [0.717, 1.165) is 12.1 Å². The molecule has 1 heterocycles. The largest absolute Gasteiger partial charge is 0.390 e. The number of hydrogen-bond acceptors (Lipinski definition) is 2. The molecular weight excluding hydrogens is 138 g/mol. The van der Waals surface area contributed by atoms with Gasteiger partial charge < -0.3 is 5.11 Å². The first-order valence-electron chi connectivity index (χ1n) is 3.83. The molecular formula is C9H13NO. The zero-order valence-electron chi connectivity index (χ0n) is 6.96. The molecule has 60 valence electrons. The minimum Gasteiger partial charge on any atom is -0.390 e. The van der Waals surface area contributed by atoms with E-state index in [-0.39, 0.29) is 6.61 Å². The lowest BCUT2D eigenvalue weighted by Gasteiger charge is -2.02. The molecule has 1 aromatic heterocycles. The second-order valence-electron chi connectivity index (χ2n) is 2.61. The predicted molar refractivity (Wildman–Crippen MR) is 44.3 cm³/mol. The average Bonchev–Trinajstić information content (AvgIpc) is 2.04. The predicted octanol–water partition coefficient (Wildman–Crippen LogP) is 1.44. The van der Waals surface area contributed by atoms with E-state index in [2.05, 4.69) is 11.9 Å². The SMILES string of the molecule is CCc1cnc(CO)cc1C.